The van der Waals surface area contributed by atoms with E-state index in [1.54, 1.807) is 24.4 Å². The summed E-state index contributed by atoms with van der Waals surface area (Å²) in [7, 11) is 0. The van der Waals surface area contributed by atoms with Gasteiger partial charge < -0.3 is 15.2 Å². The van der Waals surface area contributed by atoms with Gasteiger partial charge in [0.2, 0.25) is 0 Å². The summed E-state index contributed by atoms with van der Waals surface area (Å²) >= 11 is 6.26. The standard InChI is InChI=1S/C27H19ClN2O3/c28-24-15-17(26(31)25-22(24)12-6-13-29-25)7-5-14-30-27(32)33-16-23-20-10-3-1-8-18(20)19-9-2-4-11-21(19)23/h1-4,6,8-13,15,23,31H,14,16H2,(H,30,32). The largest absolute Gasteiger partial charge is 0.504 e. The molecule has 5 rings (SSSR count). The third-order valence-electron chi connectivity index (χ3n) is 5.70. The molecule has 162 valence electrons. The van der Waals surface area contributed by atoms with Crippen LogP contribution < -0.4 is 5.32 Å². The number of phenols is 1. The van der Waals surface area contributed by atoms with Crippen LogP contribution in [0.1, 0.15) is 22.6 Å². The van der Waals surface area contributed by atoms with Crippen molar-refractivity contribution < 1.29 is 14.6 Å². The van der Waals surface area contributed by atoms with E-state index in [-0.39, 0.29) is 24.8 Å². The number of alkyl carbamates (subject to hydrolysis) is 1. The minimum absolute atomic E-state index is 0.00146. The second-order valence-corrected chi connectivity index (χ2v) is 8.04. The van der Waals surface area contributed by atoms with Gasteiger partial charge in [0.05, 0.1) is 17.1 Å². The minimum Gasteiger partial charge on any atom is -0.504 e. The van der Waals surface area contributed by atoms with Gasteiger partial charge in [-0.05, 0) is 40.5 Å². The fraction of sp³-hybridized carbons (Fsp3) is 0.111. The van der Waals surface area contributed by atoms with Gasteiger partial charge in [-0.15, -0.1) is 0 Å². The Bertz CT molecular complexity index is 1390. The molecule has 2 N–H and O–H groups in total. The number of nitrogens with zero attached hydrogens (tertiary/aromatic N) is 1. The molecule has 1 aliphatic rings. The maximum Gasteiger partial charge on any atom is 0.407 e. The molecule has 0 spiro atoms. The number of aromatic hydroxyl groups is 1. The van der Waals surface area contributed by atoms with Gasteiger partial charge in [-0.1, -0.05) is 72.0 Å². The number of phenolic OH excluding ortho intramolecular Hbond substituents is 1. The Morgan fingerprint density at radius 3 is 2.48 bits per heavy atom. The van der Waals surface area contributed by atoms with Gasteiger partial charge in [-0.3, -0.25) is 4.98 Å². The summed E-state index contributed by atoms with van der Waals surface area (Å²) in [5.41, 5.74) is 5.40. The highest BCUT2D eigenvalue weighted by Crippen LogP contribution is 2.44. The molecular weight excluding hydrogens is 436 g/mol. The van der Waals surface area contributed by atoms with E-state index in [4.69, 9.17) is 16.3 Å². The molecule has 0 unspecified atom stereocenters. The van der Waals surface area contributed by atoms with E-state index in [0.717, 1.165) is 11.1 Å². The quantitative estimate of drug-likeness (QED) is 0.402. The van der Waals surface area contributed by atoms with Crippen LogP contribution >= 0.6 is 11.6 Å². The summed E-state index contributed by atoms with van der Waals surface area (Å²) < 4.78 is 5.49. The van der Waals surface area contributed by atoms with Crippen LogP contribution in [0.25, 0.3) is 22.0 Å². The normalized spacial score (nSPS) is 11.9. The lowest BCUT2D eigenvalue weighted by Gasteiger charge is -2.14. The lowest BCUT2D eigenvalue weighted by Crippen LogP contribution is -2.26. The van der Waals surface area contributed by atoms with Crippen molar-refractivity contribution in [3.05, 3.63) is 94.6 Å². The average Bonchev–Trinajstić information content (AvgIpc) is 3.17. The SMILES string of the molecule is O=C(NCC#Cc1cc(Cl)c2cccnc2c1O)OCC1c2ccccc2-c2ccccc21. The van der Waals surface area contributed by atoms with Crippen molar-refractivity contribution in [2.75, 3.05) is 13.2 Å². The smallest absolute Gasteiger partial charge is 0.407 e. The first-order valence-corrected chi connectivity index (χ1v) is 10.8. The predicted octanol–water partition coefficient (Wildman–Crippen LogP) is 5.48. The van der Waals surface area contributed by atoms with Crippen LogP contribution in [0, 0.1) is 11.8 Å². The molecule has 0 atom stereocenters. The summed E-state index contributed by atoms with van der Waals surface area (Å²) in [6, 6.07) is 21.5. The monoisotopic (exact) mass is 454 g/mol. The zero-order valence-corrected chi connectivity index (χ0v) is 18.3. The predicted molar refractivity (Wildman–Crippen MR) is 128 cm³/mol. The number of hydrogen-bond donors (Lipinski definition) is 2. The Morgan fingerprint density at radius 2 is 1.76 bits per heavy atom. The van der Waals surface area contributed by atoms with Crippen LogP contribution in [0.4, 0.5) is 4.79 Å². The maximum absolute atomic E-state index is 12.2. The number of benzene rings is 3. The van der Waals surface area contributed by atoms with Gasteiger partial charge in [-0.25, -0.2) is 4.79 Å². The van der Waals surface area contributed by atoms with E-state index in [9.17, 15) is 9.90 Å². The van der Waals surface area contributed by atoms with E-state index in [1.165, 1.54) is 11.1 Å². The maximum atomic E-state index is 12.2. The van der Waals surface area contributed by atoms with Gasteiger partial charge in [-0.2, -0.15) is 0 Å². The highest BCUT2D eigenvalue weighted by molar-refractivity contribution is 6.35. The van der Waals surface area contributed by atoms with Gasteiger partial charge in [0.25, 0.3) is 0 Å². The van der Waals surface area contributed by atoms with Crippen molar-refractivity contribution in [3.8, 4) is 28.7 Å². The summed E-state index contributed by atoms with van der Waals surface area (Å²) in [5, 5.41) is 14.1. The van der Waals surface area contributed by atoms with E-state index < -0.39 is 6.09 Å². The van der Waals surface area contributed by atoms with Crippen molar-refractivity contribution in [3.63, 3.8) is 0 Å². The van der Waals surface area contributed by atoms with Gasteiger partial charge in [0.15, 0.2) is 5.75 Å². The lowest BCUT2D eigenvalue weighted by atomic mass is 9.98. The molecule has 6 heteroatoms. The van der Waals surface area contributed by atoms with Crippen LogP contribution in [0.3, 0.4) is 0 Å². The Hall–Kier alpha value is -4.01. The number of halogens is 1. The Labute approximate surface area is 196 Å². The highest BCUT2D eigenvalue weighted by atomic mass is 35.5. The molecule has 4 aromatic rings. The summed E-state index contributed by atoms with van der Waals surface area (Å²) in [4.78, 5) is 16.4. The molecule has 1 heterocycles. The summed E-state index contributed by atoms with van der Waals surface area (Å²) in [5.74, 6) is 5.61. The molecule has 33 heavy (non-hydrogen) atoms. The van der Waals surface area contributed by atoms with Crippen LogP contribution in [0.15, 0.2) is 72.9 Å². The molecule has 0 saturated heterocycles. The number of fused-ring (bicyclic) bond motifs is 4. The fourth-order valence-corrected chi connectivity index (χ4v) is 4.45. The first-order chi connectivity index (χ1) is 16.1. The number of amides is 1. The number of aromatic nitrogens is 1. The van der Waals surface area contributed by atoms with Gasteiger partial charge in [0, 0.05) is 17.5 Å². The molecule has 1 aromatic heterocycles. The number of ether oxygens (including phenoxy) is 1. The molecule has 0 radical (unpaired) electrons. The van der Waals surface area contributed by atoms with E-state index >= 15 is 0 Å². The Balaban J connectivity index is 1.22. The van der Waals surface area contributed by atoms with E-state index in [1.807, 2.05) is 24.3 Å². The van der Waals surface area contributed by atoms with Crippen molar-refractivity contribution in [1.82, 2.24) is 10.3 Å². The molecule has 0 bridgehead atoms. The number of carbonyl (C=O) groups is 1. The van der Waals surface area contributed by atoms with Gasteiger partial charge >= 0.3 is 6.09 Å². The molecule has 0 aliphatic heterocycles. The average molecular weight is 455 g/mol. The van der Waals surface area contributed by atoms with Crippen LogP contribution in [0.5, 0.6) is 5.75 Å². The number of carbonyl (C=O) groups excluding carboxylic acids is 1. The number of nitrogens with one attached hydrogen (secondary N) is 1. The first kappa shape index (κ1) is 20.9. The van der Waals surface area contributed by atoms with E-state index in [2.05, 4.69) is 46.4 Å². The summed E-state index contributed by atoms with van der Waals surface area (Å²) in [6.45, 7) is 0.300. The van der Waals surface area contributed by atoms with Crippen LogP contribution in [0.2, 0.25) is 5.02 Å². The molecule has 0 fully saturated rings. The second kappa shape index (κ2) is 8.85. The lowest BCUT2D eigenvalue weighted by molar-refractivity contribution is 0.144. The number of hydrogen-bond acceptors (Lipinski definition) is 4. The molecule has 3 aromatic carbocycles. The zero-order valence-electron chi connectivity index (χ0n) is 17.5. The number of pyridine rings is 1. The first-order valence-electron chi connectivity index (χ1n) is 10.5. The van der Waals surface area contributed by atoms with Crippen molar-refractivity contribution in [1.29, 1.82) is 0 Å². The van der Waals surface area contributed by atoms with Crippen molar-refractivity contribution in [2.24, 2.45) is 0 Å². The Morgan fingerprint density at radius 1 is 1.06 bits per heavy atom. The molecule has 1 amide bonds. The minimum atomic E-state index is -0.548. The molecule has 1 aliphatic carbocycles. The van der Waals surface area contributed by atoms with Gasteiger partial charge in [0.1, 0.15) is 12.1 Å². The summed E-state index contributed by atoms with van der Waals surface area (Å²) in [6.07, 6.45) is 1.03. The van der Waals surface area contributed by atoms with Crippen LogP contribution in [-0.2, 0) is 4.74 Å². The fourth-order valence-electron chi connectivity index (χ4n) is 4.19. The second-order valence-electron chi connectivity index (χ2n) is 7.64. The highest BCUT2D eigenvalue weighted by Gasteiger charge is 2.28. The van der Waals surface area contributed by atoms with Crippen molar-refractivity contribution in [2.45, 2.75) is 5.92 Å². The van der Waals surface area contributed by atoms with Crippen molar-refractivity contribution >= 4 is 28.6 Å². The van der Waals surface area contributed by atoms with E-state index in [0.29, 0.717) is 21.5 Å². The molecule has 5 nitrogen and oxygen atoms in total. The van der Waals surface area contributed by atoms with Crippen LogP contribution in [-0.4, -0.2) is 29.3 Å². The zero-order chi connectivity index (χ0) is 22.8. The third kappa shape index (κ3) is 3.97. The molecular formula is C27H19ClN2O3. The topological polar surface area (TPSA) is 71.5 Å². The molecule has 0 saturated carbocycles. The third-order valence-corrected chi connectivity index (χ3v) is 6.02. The Kier molecular flexibility index (Phi) is 5.60. The number of rotatable bonds is 3.